The SMILES string of the molecule is F[B-](F)(F)F.F[B-](F)(F)F.N#[O+].O=C(NCCN(Cc1ccccn1)Cc1ccccn1)c1ccccn1.[Ru+3]. The summed E-state index contributed by atoms with van der Waals surface area (Å²) in [5, 5.41) is 2.92. The number of nitrogens with one attached hydrogen (secondary N) is 1. The van der Waals surface area contributed by atoms with Crippen molar-refractivity contribution >= 4 is 20.4 Å². The summed E-state index contributed by atoms with van der Waals surface area (Å²) in [5.41, 5.74) is 8.15. The van der Waals surface area contributed by atoms with E-state index in [0.29, 0.717) is 31.9 Å². The normalized spacial score (nSPS) is 10.2. The maximum Gasteiger partial charge on any atom is 3.00 e. The maximum absolute atomic E-state index is 12.1. The van der Waals surface area contributed by atoms with E-state index in [4.69, 9.17) is 10.2 Å². The minimum atomic E-state index is -6.00. The summed E-state index contributed by atoms with van der Waals surface area (Å²) in [6, 6.07) is 17.0. The molecule has 0 fully saturated rings. The second-order valence-corrected chi connectivity index (χ2v) is 6.81. The molecule has 0 aliphatic carbocycles. The number of amides is 1. The monoisotopic (exact) mass is 653 g/mol. The molecule has 1 radical (unpaired) electrons. The zero-order valence-corrected chi connectivity index (χ0v) is 21.6. The average Bonchev–Trinajstić information content (AvgIpc) is 2.85. The van der Waals surface area contributed by atoms with Crippen molar-refractivity contribution in [2.24, 2.45) is 0 Å². The molecular formula is C20H21B2F8N6O2Ru+2. The first kappa shape index (κ1) is 37.9. The fraction of sp³-hybridized carbons (Fsp3) is 0.200. The molecule has 39 heavy (non-hydrogen) atoms. The van der Waals surface area contributed by atoms with Crippen LogP contribution >= 0.6 is 0 Å². The molecule has 0 saturated heterocycles. The van der Waals surface area contributed by atoms with E-state index in [2.05, 4.69) is 25.2 Å². The Hall–Kier alpha value is -3.26. The van der Waals surface area contributed by atoms with Gasteiger partial charge in [0.1, 0.15) is 5.69 Å². The van der Waals surface area contributed by atoms with Crippen LogP contribution in [0.5, 0.6) is 0 Å². The molecule has 211 valence electrons. The molecule has 8 nitrogen and oxygen atoms in total. The standard InChI is InChI=1S/C20H21N5O.2BF4.NO.Ru/c26-20(19-9-3-6-12-23-19)24-13-14-25(15-17-7-1-4-10-21-17)16-18-8-2-5-11-22-18;2*2-1(3,4)5;1-2;/h1-12H,13-16H2,(H,24,26);;;;/q;2*-1;+1;+3. The Bertz CT molecular complexity index is 991. The first-order chi connectivity index (χ1) is 17.8. The largest absolute Gasteiger partial charge is 3.00 e. The van der Waals surface area contributed by atoms with E-state index >= 15 is 0 Å². The van der Waals surface area contributed by atoms with Gasteiger partial charge >= 0.3 is 44.2 Å². The Morgan fingerprint density at radius 3 is 1.46 bits per heavy atom. The first-order valence-corrected chi connectivity index (χ1v) is 10.5. The van der Waals surface area contributed by atoms with Gasteiger partial charge in [0.15, 0.2) is 0 Å². The van der Waals surface area contributed by atoms with E-state index in [1.807, 2.05) is 36.4 Å². The van der Waals surface area contributed by atoms with E-state index in [-0.39, 0.29) is 25.4 Å². The van der Waals surface area contributed by atoms with Crippen LogP contribution in [0.2, 0.25) is 0 Å². The summed E-state index contributed by atoms with van der Waals surface area (Å²) in [7, 11) is -12.0. The minimum absolute atomic E-state index is 0. The van der Waals surface area contributed by atoms with Crippen LogP contribution in [0.25, 0.3) is 0 Å². The summed E-state index contributed by atoms with van der Waals surface area (Å²) in [4.78, 5) is 27.2. The number of rotatable bonds is 8. The van der Waals surface area contributed by atoms with Gasteiger partial charge in [-0.2, -0.15) is 0 Å². The van der Waals surface area contributed by atoms with Gasteiger partial charge in [0, 0.05) is 44.8 Å². The average molecular weight is 652 g/mol. The van der Waals surface area contributed by atoms with Crippen molar-refractivity contribution in [2.45, 2.75) is 13.1 Å². The van der Waals surface area contributed by atoms with Crippen molar-refractivity contribution in [3.63, 3.8) is 0 Å². The molecule has 19 heteroatoms. The Labute approximate surface area is 231 Å². The number of carbonyl (C=O) groups is 1. The van der Waals surface area contributed by atoms with Crippen LogP contribution in [0.15, 0.2) is 73.2 Å². The maximum atomic E-state index is 12.1. The van der Waals surface area contributed by atoms with E-state index < -0.39 is 14.5 Å². The van der Waals surface area contributed by atoms with Crippen LogP contribution in [-0.2, 0) is 37.3 Å². The molecule has 0 unspecified atom stereocenters. The van der Waals surface area contributed by atoms with Gasteiger partial charge in [-0.05, 0) is 36.4 Å². The van der Waals surface area contributed by atoms with Gasteiger partial charge in [-0.25, -0.2) is 0 Å². The second kappa shape index (κ2) is 20.7. The van der Waals surface area contributed by atoms with Crippen LogP contribution in [0.4, 0.5) is 34.5 Å². The first-order valence-electron chi connectivity index (χ1n) is 10.5. The molecule has 1 N–H and O–H groups in total. The Balaban J connectivity index is 0. The van der Waals surface area contributed by atoms with Gasteiger partial charge in [-0.3, -0.25) is 24.6 Å². The smallest absolute Gasteiger partial charge is 0.349 e. The van der Waals surface area contributed by atoms with Gasteiger partial charge in [-0.1, -0.05) is 18.2 Å². The molecule has 3 rings (SSSR count). The molecule has 0 aromatic carbocycles. The van der Waals surface area contributed by atoms with Gasteiger partial charge in [0.05, 0.1) is 11.4 Å². The zero-order valence-electron chi connectivity index (χ0n) is 19.8. The summed E-state index contributed by atoms with van der Waals surface area (Å²) in [6.07, 6.45) is 5.19. The zero-order chi connectivity index (χ0) is 29.0. The molecule has 3 heterocycles. The van der Waals surface area contributed by atoms with E-state index in [9.17, 15) is 39.3 Å². The van der Waals surface area contributed by atoms with E-state index in [1.165, 1.54) is 0 Å². The predicted molar refractivity (Wildman–Crippen MR) is 122 cm³/mol. The molecule has 0 saturated carbocycles. The number of hydrogen-bond acceptors (Lipinski definition) is 6. The fourth-order valence-corrected chi connectivity index (χ4v) is 2.57. The Kier molecular flexibility index (Phi) is 20.1. The third-order valence-electron chi connectivity index (χ3n) is 3.83. The number of nitrogens with zero attached hydrogens (tertiary/aromatic N) is 5. The summed E-state index contributed by atoms with van der Waals surface area (Å²) < 4.78 is 85.2. The van der Waals surface area contributed by atoms with Gasteiger partial charge in [0.25, 0.3) is 5.91 Å². The number of halogens is 8. The van der Waals surface area contributed by atoms with E-state index in [0.717, 1.165) is 11.4 Å². The number of aromatic nitrogens is 3. The number of hydrogen-bond donors (Lipinski definition) is 1. The molecule has 0 aliphatic heterocycles. The minimum Gasteiger partial charge on any atom is -0.349 e. The second-order valence-electron chi connectivity index (χ2n) is 6.81. The van der Waals surface area contributed by atoms with Crippen molar-refractivity contribution < 1.29 is 63.6 Å². The summed E-state index contributed by atoms with van der Waals surface area (Å²) in [6.45, 7) is 2.59. The Morgan fingerprint density at radius 1 is 0.744 bits per heavy atom. The quantitative estimate of drug-likeness (QED) is 0.213. The van der Waals surface area contributed by atoms with Crippen LogP contribution in [-0.4, -0.2) is 53.4 Å². The van der Waals surface area contributed by atoms with Crippen LogP contribution < -0.4 is 5.32 Å². The van der Waals surface area contributed by atoms with Crippen molar-refractivity contribution in [1.29, 1.82) is 5.46 Å². The molecular weight excluding hydrogens is 631 g/mol. The van der Waals surface area contributed by atoms with Crippen LogP contribution in [0.3, 0.4) is 0 Å². The van der Waals surface area contributed by atoms with Crippen molar-refractivity contribution in [2.75, 3.05) is 13.1 Å². The molecule has 3 aromatic rings. The van der Waals surface area contributed by atoms with Crippen molar-refractivity contribution in [3.8, 4) is 0 Å². The van der Waals surface area contributed by atoms with Gasteiger partial charge < -0.3 is 39.8 Å². The molecule has 0 bridgehead atoms. The topological polar surface area (TPSA) is 115 Å². The summed E-state index contributed by atoms with van der Waals surface area (Å²) >= 11 is 0. The summed E-state index contributed by atoms with van der Waals surface area (Å²) in [5.74, 6) is -0.166. The molecule has 0 aliphatic rings. The molecule has 3 aromatic heterocycles. The van der Waals surface area contributed by atoms with Crippen molar-refractivity contribution in [3.05, 3.63) is 90.3 Å². The number of pyridine rings is 3. The third kappa shape index (κ3) is 24.8. The van der Waals surface area contributed by atoms with Gasteiger partial charge in [0.2, 0.25) is 0 Å². The fourth-order valence-electron chi connectivity index (χ4n) is 2.57. The molecule has 0 spiro atoms. The van der Waals surface area contributed by atoms with E-state index in [1.54, 1.807) is 36.8 Å². The van der Waals surface area contributed by atoms with Crippen molar-refractivity contribution in [1.82, 2.24) is 25.2 Å². The Morgan fingerprint density at radius 2 is 1.13 bits per heavy atom. The van der Waals surface area contributed by atoms with Gasteiger partial charge in [-0.15, -0.1) is 0 Å². The number of carbonyl (C=O) groups excluding carboxylic acids is 1. The van der Waals surface area contributed by atoms with Crippen LogP contribution in [0.1, 0.15) is 21.9 Å². The molecule has 0 atom stereocenters. The molecule has 1 amide bonds. The van der Waals surface area contributed by atoms with Crippen LogP contribution in [0, 0.1) is 5.46 Å². The predicted octanol–water partition coefficient (Wildman–Crippen LogP) is 4.80. The third-order valence-corrected chi connectivity index (χ3v) is 3.83.